The fraction of sp³-hybridized carbons (Fsp3) is 0.364. The van der Waals surface area contributed by atoms with Crippen molar-refractivity contribution in [3.05, 3.63) is 83.7 Å². The van der Waals surface area contributed by atoms with E-state index >= 15 is 0 Å². The third-order valence-corrected chi connectivity index (χ3v) is 7.57. The lowest BCUT2D eigenvalue weighted by molar-refractivity contribution is 0.0283. The van der Waals surface area contributed by atoms with Crippen molar-refractivity contribution in [1.82, 2.24) is 14.9 Å². The second-order valence-electron chi connectivity index (χ2n) is 11.7. The van der Waals surface area contributed by atoms with Crippen LogP contribution in [0.15, 0.2) is 67.0 Å². The first kappa shape index (κ1) is 30.1. The van der Waals surface area contributed by atoms with Crippen LogP contribution in [0.2, 0.25) is 0 Å². The van der Waals surface area contributed by atoms with Gasteiger partial charge in [-0.1, -0.05) is 30.3 Å². The lowest BCUT2D eigenvalue weighted by Gasteiger charge is -2.30. The Labute approximate surface area is 251 Å². The molecule has 2 amide bonds. The Balaban J connectivity index is 1.20. The molecule has 0 aliphatic heterocycles. The van der Waals surface area contributed by atoms with Gasteiger partial charge in [-0.2, -0.15) is 5.10 Å². The zero-order valence-corrected chi connectivity index (χ0v) is 24.6. The van der Waals surface area contributed by atoms with E-state index in [-0.39, 0.29) is 24.7 Å². The number of aliphatic hydroxyl groups is 1. The van der Waals surface area contributed by atoms with Gasteiger partial charge in [-0.25, -0.2) is 4.52 Å². The molecule has 2 heterocycles. The van der Waals surface area contributed by atoms with Crippen LogP contribution in [0.1, 0.15) is 65.8 Å². The van der Waals surface area contributed by atoms with Gasteiger partial charge < -0.3 is 31.4 Å². The van der Waals surface area contributed by atoms with Gasteiger partial charge >= 0.3 is 0 Å². The Morgan fingerprint density at radius 2 is 1.81 bits per heavy atom. The number of nitrogens with zero attached hydrogens (tertiary/aromatic N) is 2. The summed E-state index contributed by atoms with van der Waals surface area (Å²) >= 11 is 0. The number of nitrogens with one attached hydrogen (secondary N) is 1. The molecular weight excluding hydrogens is 546 g/mol. The molecule has 10 nitrogen and oxygen atoms in total. The lowest BCUT2D eigenvalue weighted by Crippen LogP contribution is -2.39. The highest BCUT2D eigenvalue weighted by Gasteiger charge is 2.26. The van der Waals surface area contributed by atoms with E-state index in [9.17, 15) is 14.7 Å². The highest BCUT2D eigenvalue weighted by atomic mass is 16.5. The molecule has 6 N–H and O–H groups in total. The Kier molecular flexibility index (Phi) is 8.98. The number of fused-ring (bicyclic) bond motifs is 1. The van der Waals surface area contributed by atoms with Crippen molar-refractivity contribution in [3.8, 4) is 22.6 Å². The number of pyridine rings is 1. The van der Waals surface area contributed by atoms with Gasteiger partial charge in [0.05, 0.1) is 40.7 Å². The molecule has 0 atom stereocenters. The van der Waals surface area contributed by atoms with E-state index in [4.69, 9.17) is 20.9 Å². The molecule has 4 aromatic rings. The Morgan fingerprint density at radius 1 is 1.05 bits per heavy atom. The summed E-state index contributed by atoms with van der Waals surface area (Å²) in [6.07, 6.45) is 6.81. The molecule has 2 aromatic heterocycles. The number of aromatic nitrogens is 2. The lowest BCUT2D eigenvalue weighted by atomic mass is 9.92. The molecule has 2 aromatic carbocycles. The van der Waals surface area contributed by atoms with Crippen LogP contribution < -0.4 is 26.3 Å². The third kappa shape index (κ3) is 7.52. The van der Waals surface area contributed by atoms with Crippen LogP contribution in [-0.2, 0) is 6.42 Å². The topological polar surface area (TPSA) is 154 Å². The maximum Gasteiger partial charge on any atom is 0.255 e. The van der Waals surface area contributed by atoms with Crippen molar-refractivity contribution in [3.63, 3.8) is 0 Å². The molecule has 0 saturated heterocycles. The second kappa shape index (κ2) is 12.8. The minimum absolute atomic E-state index is 0.0103. The first-order valence-electron chi connectivity index (χ1n) is 14.6. The molecule has 1 aliphatic rings. The van der Waals surface area contributed by atoms with Gasteiger partial charge in [0.1, 0.15) is 18.1 Å². The third-order valence-electron chi connectivity index (χ3n) is 7.57. The standard InChI is InChI=1S/C33H39N5O5/c1-33(2,41)20-42-26-11-13-29-28(18-36-38(29)19-26)32(40)37-24-7-9-25(10-8-24)43-30-17-23(6-12-27(30)31(35)39)22-5-3-4-21(16-22)14-15-34/h3-6,11-13,16-19,24-25,41H,7-10,14-15,20,34H2,1-2H3,(H2,35,39)(H,37,40). The van der Waals surface area contributed by atoms with Crippen LogP contribution in [0.25, 0.3) is 16.6 Å². The first-order chi connectivity index (χ1) is 20.6. The van der Waals surface area contributed by atoms with Crippen molar-refractivity contribution in [2.75, 3.05) is 13.2 Å². The fourth-order valence-electron chi connectivity index (χ4n) is 5.33. The quantitative estimate of drug-likeness (QED) is 0.208. The number of carbonyl (C=O) groups is 2. The number of carbonyl (C=O) groups excluding carboxylic acids is 2. The van der Waals surface area contributed by atoms with Crippen LogP contribution in [0.4, 0.5) is 0 Å². The summed E-state index contributed by atoms with van der Waals surface area (Å²) in [7, 11) is 0. The monoisotopic (exact) mass is 585 g/mol. The second-order valence-corrected chi connectivity index (χ2v) is 11.7. The van der Waals surface area contributed by atoms with Crippen molar-refractivity contribution in [1.29, 1.82) is 0 Å². The summed E-state index contributed by atoms with van der Waals surface area (Å²) in [5.41, 5.74) is 15.0. The zero-order valence-electron chi connectivity index (χ0n) is 24.6. The van der Waals surface area contributed by atoms with Gasteiger partial charge in [-0.3, -0.25) is 9.59 Å². The molecule has 43 heavy (non-hydrogen) atoms. The number of ether oxygens (including phenoxy) is 2. The molecule has 1 fully saturated rings. The molecule has 1 aliphatic carbocycles. The molecule has 0 bridgehead atoms. The van der Waals surface area contributed by atoms with Gasteiger partial charge in [-0.15, -0.1) is 0 Å². The highest BCUT2D eigenvalue weighted by molar-refractivity contribution is 6.00. The summed E-state index contributed by atoms with van der Waals surface area (Å²) in [5.74, 6) is 0.293. The van der Waals surface area contributed by atoms with Gasteiger partial charge in [0.25, 0.3) is 11.8 Å². The minimum atomic E-state index is -0.959. The summed E-state index contributed by atoms with van der Waals surface area (Å²) in [4.78, 5) is 25.3. The summed E-state index contributed by atoms with van der Waals surface area (Å²) in [6, 6.07) is 17.2. The molecule has 226 valence electrons. The number of benzene rings is 2. The van der Waals surface area contributed by atoms with E-state index < -0.39 is 11.5 Å². The van der Waals surface area contributed by atoms with Gasteiger partial charge in [0.15, 0.2) is 0 Å². The van der Waals surface area contributed by atoms with E-state index in [2.05, 4.69) is 16.5 Å². The van der Waals surface area contributed by atoms with Gasteiger partial charge in [-0.05, 0) is 93.5 Å². The minimum Gasteiger partial charge on any atom is -0.490 e. The van der Waals surface area contributed by atoms with E-state index in [1.54, 1.807) is 49.0 Å². The van der Waals surface area contributed by atoms with Gasteiger partial charge in [0.2, 0.25) is 0 Å². The number of nitrogens with two attached hydrogens (primary N) is 2. The van der Waals surface area contributed by atoms with Crippen molar-refractivity contribution in [2.45, 2.75) is 63.7 Å². The average Bonchev–Trinajstić information content (AvgIpc) is 3.40. The van der Waals surface area contributed by atoms with E-state index in [0.29, 0.717) is 34.7 Å². The molecule has 1 saturated carbocycles. The number of amides is 2. The molecule has 0 unspecified atom stereocenters. The zero-order chi connectivity index (χ0) is 30.6. The van der Waals surface area contributed by atoms with Crippen LogP contribution in [0, 0.1) is 0 Å². The molecule has 10 heteroatoms. The summed E-state index contributed by atoms with van der Waals surface area (Å²) in [5, 5.41) is 17.3. The Bertz CT molecular complexity index is 1600. The van der Waals surface area contributed by atoms with Crippen LogP contribution >= 0.6 is 0 Å². The average molecular weight is 586 g/mol. The van der Waals surface area contributed by atoms with E-state index in [0.717, 1.165) is 48.8 Å². The van der Waals surface area contributed by atoms with Crippen LogP contribution in [0.3, 0.4) is 0 Å². The maximum absolute atomic E-state index is 13.1. The number of hydrogen-bond donors (Lipinski definition) is 4. The van der Waals surface area contributed by atoms with Crippen molar-refractivity contribution < 1.29 is 24.2 Å². The van der Waals surface area contributed by atoms with Crippen molar-refractivity contribution >= 4 is 17.3 Å². The Hall–Kier alpha value is -4.41. The summed E-state index contributed by atoms with van der Waals surface area (Å²) < 4.78 is 13.6. The van der Waals surface area contributed by atoms with Crippen LogP contribution in [0.5, 0.6) is 11.5 Å². The largest absolute Gasteiger partial charge is 0.490 e. The van der Waals surface area contributed by atoms with Crippen molar-refractivity contribution in [2.24, 2.45) is 11.5 Å². The predicted octanol–water partition coefficient (Wildman–Crippen LogP) is 3.87. The van der Waals surface area contributed by atoms with E-state index in [1.807, 2.05) is 30.3 Å². The highest BCUT2D eigenvalue weighted by Crippen LogP contribution is 2.31. The number of primary amides is 1. The Morgan fingerprint density at radius 3 is 2.53 bits per heavy atom. The summed E-state index contributed by atoms with van der Waals surface area (Å²) in [6.45, 7) is 4.05. The maximum atomic E-state index is 13.1. The van der Waals surface area contributed by atoms with E-state index in [1.165, 1.54) is 0 Å². The molecular formula is C33H39N5O5. The smallest absolute Gasteiger partial charge is 0.255 e. The number of rotatable bonds is 11. The first-order valence-corrected chi connectivity index (χ1v) is 14.6. The number of hydrogen-bond acceptors (Lipinski definition) is 7. The van der Waals surface area contributed by atoms with Gasteiger partial charge in [0, 0.05) is 6.04 Å². The molecule has 0 radical (unpaired) electrons. The SMILES string of the molecule is CC(C)(O)COc1ccc2c(C(=O)NC3CCC(Oc4cc(-c5cccc(CCN)c5)ccc4C(N)=O)CC3)cnn2c1. The fourth-order valence-corrected chi connectivity index (χ4v) is 5.33. The normalized spacial score (nSPS) is 17.0. The molecule has 0 spiro atoms. The predicted molar refractivity (Wildman–Crippen MR) is 164 cm³/mol. The van der Waals surface area contributed by atoms with Crippen LogP contribution in [-0.4, -0.2) is 57.4 Å². The molecule has 5 rings (SSSR count).